The Morgan fingerprint density at radius 1 is 1.45 bits per heavy atom. The summed E-state index contributed by atoms with van der Waals surface area (Å²) in [7, 11) is 0. The summed E-state index contributed by atoms with van der Waals surface area (Å²) in [5.74, 6) is 0.913. The number of aliphatic imine (C=N–C) groups is 1. The van der Waals surface area contributed by atoms with Crippen molar-refractivity contribution < 1.29 is 0 Å². The van der Waals surface area contributed by atoms with E-state index in [1.54, 1.807) is 0 Å². The van der Waals surface area contributed by atoms with Crippen molar-refractivity contribution in [3.05, 3.63) is 23.4 Å². The summed E-state index contributed by atoms with van der Waals surface area (Å²) >= 11 is 0. The highest BCUT2D eigenvalue weighted by atomic mass is 14.9. The Hall–Kier alpha value is -1.18. The fourth-order valence-corrected chi connectivity index (χ4v) is 1.35. The topological polar surface area (TPSA) is 25.2 Å². The highest BCUT2D eigenvalue weighted by molar-refractivity contribution is 5.67. The molecule has 1 aliphatic heterocycles. The number of rotatable bonds is 0. The van der Waals surface area contributed by atoms with Crippen molar-refractivity contribution in [3.8, 4) is 0 Å². The highest BCUT2D eigenvalue weighted by Gasteiger charge is 2.07. The van der Waals surface area contributed by atoms with Gasteiger partial charge in [-0.3, -0.25) is 0 Å². The van der Waals surface area contributed by atoms with E-state index in [9.17, 15) is 0 Å². The zero-order chi connectivity index (χ0) is 7.68. The van der Waals surface area contributed by atoms with E-state index < -0.39 is 0 Å². The lowest BCUT2D eigenvalue weighted by Crippen LogP contribution is -1.97. The second-order valence-corrected chi connectivity index (χ2v) is 2.78. The zero-order valence-electron chi connectivity index (χ0n) is 6.54. The van der Waals surface area contributed by atoms with Crippen LogP contribution in [-0.4, -0.2) is 11.2 Å². The lowest BCUT2D eigenvalue weighted by Gasteiger charge is -2.09. The lowest BCUT2D eigenvalue weighted by molar-refractivity contribution is 0.983. The third-order valence-electron chi connectivity index (χ3n) is 2.00. The number of fused-ring (bicyclic) bond motifs is 1. The Balaban J connectivity index is 2.60. The van der Waals surface area contributed by atoms with Gasteiger partial charge >= 0.3 is 0 Å². The van der Waals surface area contributed by atoms with Gasteiger partial charge < -0.3 is 0 Å². The summed E-state index contributed by atoms with van der Waals surface area (Å²) in [6.45, 7) is 2.11. The second-order valence-electron chi connectivity index (χ2n) is 2.78. The number of hydrogen-bond donors (Lipinski definition) is 0. The first-order valence-corrected chi connectivity index (χ1v) is 3.85. The largest absolute Gasteiger partial charge is 0.241 e. The van der Waals surface area contributed by atoms with Crippen LogP contribution >= 0.6 is 0 Å². The Morgan fingerprint density at radius 3 is 3.18 bits per heavy atom. The summed E-state index contributed by atoms with van der Waals surface area (Å²) in [5.41, 5.74) is 2.63. The van der Waals surface area contributed by atoms with Crippen LogP contribution < -0.4 is 0 Å². The van der Waals surface area contributed by atoms with Crippen LogP contribution in [0.3, 0.4) is 0 Å². The standard InChI is InChI=1S/C9H10N2/c1-7-4-6-11-9-8(7)3-2-5-10-9/h4-6H,2-3H2,1H3. The van der Waals surface area contributed by atoms with Gasteiger partial charge in [0, 0.05) is 18.0 Å². The second kappa shape index (κ2) is 2.46. The van der Waals surface area contributed by atoms with Crippen molar-refractivity contribution in [2.75, 3.05) is 0 Å². The molecule has 11 heavy (non-hydrogen) atoms. The maximum atomic E-state index is 4.22. The molecule has 0 saturated carbocycles. The van der Waals surface area contributed by atoms with Gasteiger partial charge in [-0.2, -0.15) is 0 Å². The van der Waals surface area contributed by atoms with E-state index in [1.807, 2.05) is 18.5 Å². The average molecular weight is 146 g/mol. The molecule has 0 saturated heterocycles. The molecule has 56 valence electrons. The fraction of sp³-hybridized carbons (Fsp3) is 0.333. The summed E-state index contributed by atoms with van der Waals surface area (Å²) in [6.07, 6.45) is 5.91. The van der Waals surface area contributed by atoms with Gasteiger partial charge in [-0.05, 0) is 31.4 Å². The Kier molecular flexibility index (Phi) is 1.46. The van der Waals surface area contributed by atoms with E-state index in [2.05, 4.69) is 16.9 Å². The van der Waals surface area contributed by atoms with E-state index >= 15 is 0 Å². The van der Waals surface area contributed by atoms with E-state index in [0.717, 1.165) is 18.7 Å². The minimum Gasteiger partial charge on any atom is -0.241 e. The molecule has 0 atom stereocenters. The molecule has 2 heteroatoms. The highest BCUT2D eigenvalue weighted by Crippen LogP contribution is 2.23. The van der Waals surface area contributed by atoms with E-state index in [1.165, 1.54) is 11.1 Å². The normalized spacial score (nSPS) is 14.6. The molecule has 1 aliphatic rings. The molecule has 2 rings (SSSR count). The predicted molar refractivity (Wildman–Crippen MR) is 45.4 cm³/mol. The summed E-state index contributed by atoms with van der Waals surface area (Å²) in [6, 6.07) is 2.04. The Bertz CT molecular complexity index is 302. The van der Waals surface area contributed by atoms with Gasteiger partial charge in [-0.15, -0.1) is 0 Å². The number of pyridine rings is 1. The van der Waals surface area contributed by atoms with E-state index in [-0.39, 0.29) is 0 Å². The van der Waals surface area contributed by atoms with E-state index in [0.29, 0.717) is 0 Å². The molecule has 0 fully saturated rings. The van der Waals surface area contributed by atoms with Crippen LogP contribution in [0.4, 0.5) is 5.82 Å². The SMILES string of the molecule is Cc1ccnc2c1CCC=N2. The first-order valence-electron chi connectivity index (χ1n) is 3.85. The van der Waals surface area contributed by atoms with Gasteiger partial charge in [0.15, 0.2) is 5.82 Å². The molecule has 1 aromatic rings. The Labute approximate surface area is 66.0 Å². The van der Waals surface area contributed by atoms with Crippen molar-refractivity contribution in [2.45, 2.75) is 19.8 Å². The van der Waals surface area contributed by atoms with Gasteiger partial charge in [-0.25, -0.2) is 9.98 Å². The van der Waals surface area contributed by atoms with Crippen LogP contribution in [0.5, 0.6) is 0 Å². The summed E-state index contributed by atoms with van der Waals surface area (Å²) in [4.78, 5) is 8.40. The molecule has 0 radical (unpaired) electrons. The van der Waals surface area contributed by atoms with Crippen molar-refractivity contribution >= 4 is 12.0 Å². The van der Waals surface area contributed by atoms with Gasteiger partial charge in [0.1, 0.15) is 0 Å². The van der Waals surface area contributed by atoms with Crippen molar-refractivity contribution in [3.63, 3.8) is 0 Å². The van der Waals surface area contributed by atoms with Crippen molar-refractivity contribution in [1.82, 2.24) is 4.98 Å². The fourth-order valence-electron chi connectivity index (χ4n) is 1.35. The molecule has 1 aromatic heterocycles. The first kappa shape index (κ1) is 6.53. The molecular formula is C9H10N2. The molecule has 0 spiro atoms. The minimum atomic E-state index is 0.913. The van der Waals surface area contributed by atoms with Gasteiger partial charge in [0.25, 0.3) is 0 Å². The third-order valence-corrected chi connectivity index (χ3v) is 2.00. The number of aromatic nitrogens is 1. The Morgan fingerprint density at radius 2 is 2.36 bits per heavy atom. The first-order chi connectivity index (χ1) is 5.38. The number of aryl methyl sites for hydroxylation is 1. The third kappa shape index (κ3) is 1.04. The quantitative estimate of drug-likeness (QED) is 0.549. The molecular weight excluding hydrogens is 136 g/mol. The summed E-state index contributed by atoms with van der Waals surface area (Å²) in [5, 5.41) is 0. The predicted octanol–water partition coefficient (Wildman–Crippen LogP) is 2.04. The number of nitrogens with zero attached hydrogens (tertiary/aromatic N) is 2. The monoisotopic (exact) mass is 146 g/mol. The van der Waals surface area contributed by atoms with Crippen LogP contribution in [-0.2, 0) is 6.42 Å². The van der Waals surface area contributed by atoms with Crippen molar-refractivity contribution in [1.29, 1.82) is 0 Å². The van der Waals surface area contributed by atoms with Crippen LogP contribution in [0.1, 0.15) is 17.5 Å². The van der Waals surface area contributed by atoms with Gasteiger partial charge in [-0.1, -0.05) is 0 Å². The maximum Gasteiger partial charge on any atom is 0.154 e. The molecule has 0 amide bonds. The molecule has 0 bridgehead atoms. The minimum absolute atomic E-state index is 0.913. The van der Waals surface area contributed by atoms with Crippen LogP contribution in [0, 0.1) is 6.92 Å². The molecule has 0 unspecified atom stereocenters. The van der Waals surface area contributed by atoms with Crippen LogP contribution in [0.15, 0.2) is 17.3 Å². The van der Waals surface area contributed by atoms with Crippen molar-refractivity contribution in [2.24, 2.45) is 4.99 Å². The van der Waals surface area contributed by atoms with Crippen LogP contribution in [0.2, 0.25) is 0 Å². The average Bonchev–Trinajstić information content (AvgIpc) is 2.06. The molecule has 0 aliphatic carbocycles. The summed E-state index contributed by atoms with van der Waals surface area (Å²) < 4.78 is 0. The maximum absolute atomic E-state index is 4.22. The number of hydrogen-bond acceptors (Lipinski definition) is 2. The van der Waals surface area contributed by atoms with Gasteiger partial charge in [0.2, 0.25) is 0 Å². The molecule has 2 heterocycles. The van der Waals surface area contributed by atoms with Gasteiger partial charge in [0.05, 0.1) is 0 Å². The van der Waals surface area contributed by atoms with E-state index in [4.69, 9.17) is 0 Å². The smallest absolute Gasteiger partial charge is 0.154 e. The molecule has 0 aromatic carbocycles. The van der Waals surface area contributed by atoms with Crippen LogP contribution in [0.25, 0.3) is 0 Å². The zero-order valence-corrected chi connectivity index (χ0v) is 6.54. The molecule has 0 N–H and O–H groups in total. The lowest BCUT2D eigenvalue weighted by atomic mass is 10.0. The molecule has 2 nitrogen and oxygen atoms in total.